The summed E-state index contributed by atoms with van der Waals surface area (Å²) in [6.07, 6.45) is 3.32. The van der Waals surface area contributed by atoms with Crippen molar-refractivity contribution in [3.63, 3.8) is 0 Å². The average Bonchev–Trinajstić information content (AvgIpc) is 2.88. The van der Waals surface area contributed by atoms with Gasteiger partial charge in [0, 0.05) is 24.4 Å². The molecule has 1 atom stereocenters. The van der Waals surface area contributed by atoms with Gasteiger partial charge in [0.2, 0.25) is 0 Å². The van der Waals surface area contributed by atoms with Gasteiger partial charge >= 0.3 is 0 Å². The van der Waals surface area contributed by atoms with Crippen LogP contribution in [0.1, 0.15) is 29.3 Å². The van der Waals surface area contributed by atoms with Gasteiger partial charge in [-0.1, -0.05) is 6.07 Å². The summed E-state index contributed by atoms with van der Waals surface area (Å²) in [5.41, 5.74) is 4.94. The number of aryl methyl sites for hydroxylation is 2. The number of fused-ring (bicyclic) bond motifs is 1. The molecule has 1 N–H and O–H groups in total. The van der Waals surface area contributed by atoms with Gasteiger partial charge in [-0.3, -0.25) is 0 Å². The Bertz CT molecular complexity index is 521. The van der Waals surface area contributed by atoms with Crippen LogP contribution in [0.4, 0.5) is 0 Å². The average molecular weight is 215 g/mol. The third-order valence-corrected chi connectivity index (χ3v) is 3.57. The second-order valence-electron chi connectivity index (χ2n) is 4.66. The van der Waals surface area contributed by atoms with Crippen LogP contribution in [0.5, 0.6) is 0 Å². The van der Waals surface area contributed by atoms with Gasteiger partial charge in [-0.15, -0.1) is 0 Å². The van der Waals surface area contributed by atoms with E-state index in [9.17, 15) is 0 Å². The highest BCUT2D eigenvalue weighted by atomic mass is 15.0. The molecule has 1 unspecified atom stereocenters. The lowest BCUT2D eigenvalue weighted by atomic mass is 10.0. The minimum absolute atomic E-state index is 0.597. The van der Waals surface area contributed by atoms with E-state index in [-0.39, 0.29) is 0 Å². The zero-order valence-electron chi connectivity index (χ0n) is 9.83. The number of aromatic nitrogens is 2. The third-order valence-electron chi connectivity index (χ3n) is 3.57. The number of hydrogen-bond donors (Lipinski definition) is 1. The van der Waals surface area contributed by atoms with E-state index in [1.165, 1.54) is 23.4 Å². The fourth-order valence-corrected chi connectivity index (χ4v) is 2.61. The molecule has 3 nitrogen and oxygen atoms in total. The Labute approximate surface area is 95.5 Å². The van der Waals surface area contributed by atoms with E-state index in [0.29, 0.717) is 5.92 Å². The fourth-order valence-electron chi connectivity index (χ4n) is 2.61. The molecular weight excluding hydrogens is 198 g/mol. The predicted molar refractivity (Wildman–Crippen MR) is 64.9 cm³/mol. The number of imidazole rings is 1. The van der Waals surface area contributed by atoms with Crippen LogP contribution in [-0.4, -0.2) is 22.5 Å². The van der Waals surface area contributed by atoms with Crippen molar-refractivity contribution in [3.05, 3.63) is 35.3 Å². The minimum Gasteiger partial charge on any atom is -0.316 e. The third kappa shape index (κ3) is 1.35. The topological polar surface area (TPSA) is 29.3 Å². The molecule has 1 fully saturated rings. The fraction of sp³-hybridized carbons (Fsp3) is 0.462. The first-order chi connectivity index (χ1) is 7.77. The first-order valence-electron chi connectivity index (χ1n) is 5.92. The number of nitrogens with zero attached hydrogens (tertiary/aromatic N) is 2. The summed E-state index contributed by atoms with van der Waals surface area (Å²) in [7, 11) is 0. The standard InChI is InChI=1S/C13H17N3/c1-9-4-3-7-16-10(2)12(15-13(9)16)11-5-6-14-8-11/h3-4,7,11,14H,5-6,8H2,1-2H3. The number of hydrogen-bond acceptors (Lipinski definition) is 2. The summed E-state index contributed by atoms with van der Waals surface area (Å²) in [6, 6.07) is 4.21. The van der Waals surface area contributed by atoms with Gasteiger partial charge in [-0.05, 0) is 38.4 Å². The van der Waals surface area contributed by atoms with Crippen LogP contribution in [0.25, 0.3) is 5.65 Å². The maximum atomic E-state index is 4.82. The van der Waals surface area contributed by atoms with Crippen LogP contribution < -0.4 is 5.32 Å². The first kappa shape index (κ1) is 9.85. The molecule has 2 aromatic rings. The molecule has 3 rings (SSSR count). The molecule has 84 valence electrons. The molecule has 0 aromatic carbocycles. The van der Waals surface area contributed by atoms with Gasteiger partial charge in [0.25, 0.3) is 0 Å². The van der Waals surface area contributed by atoms with Crippen LogP contribution in [0.2, 0.25) is 0 Å². The lowest BCUT2D eigenvalue weighted by Crippen LogP contribution is -2.08. The Kier molecular flexibility index (Phi) is 2.21. The molecule has 0 saturated carbocycles. The van der Waals surface area contributed by atoms with E-state index >= 15 is 0 Å². The summed E-state index contributed by atoms with van der Waals surface area (Å²) in [4.78, 5) is 4.82. The predicted octanol–water partition coefficient (Wildman–Crippen LogP) is 2.03. The van der Waals surface area contributed by atoms with Crippen molar-refractivity contribution in [1.29, 1.82) is 0 Å². The molecule has 0 spiro atoms. The van der Waals surface area contributed by atoms with Crippen LogP contribution >= 0.6 is 0 Å². The van der Waals surface area contributed by atoms with Crippen LogP contribution in [0.15, 0.2) is 18.3 Å². The molecule has 0 radical (unpaired) electrons. The van der Waals surface area contributed by atoms with Gasteiger partial charge in [0.1, 0.15) is 5.65 Å². The molecule has 3 heterocycles. The van der Waals surface area contributed by atoms with Crippen LogP contribution in [-0.2, 0) is 0 Å². The van der Waals surface area contributed by atoms with Crippen molar-refractivity contribution in [3.8, 4) is 0 Å². The van der Waals surface area contributed by atoms with E-state index in [1.54, 1.807) is 0 Å². The van der Waals surface area contributed by atoms with Crippen LogP contribution in [0, 0.1) is 13.8 Å². The van der Waals surface area contributed by atoms with Gasteiger partial charge in [0.05, 0.1) is 5.69 Å². The molecule has 0 amide bonds. The second-order valence-corrected chi connectivity index (χ2v) is 4.66. The Morgan fingerprint density at radius 2 is 2.31 bits per heavy atom. The van der Waals surface area contributed by atoms with Crippen molar-refractivity contribution >= 4 is 5.65 Å². The molecule has 0 bridgehead atoms. The molecule has 1 saturated heterocycles. The summed E-state index contributed by atoms with van der Waals surface area (Å²) in [6.45, 7) is 6.49. The Morgan fingerprint density at radius 3 is 3.00 bits per heavy atom. The van der Waals surface area contributed by atoms with Gasteiger partial charge in [-0.2, -0.15) is 0 Å². The SMILES string of the molecule is Cc1cccn2c(C)c(C3CCNC3)nc12. The lowest BCUT2D eigenvalue weighted by molar-refractivity contribution is 0.734. The van der Waals surface area contributed by atoms with Crippen molar-refractivity contribution < 1.29 is 0 Å². The monoisotopic (exact) mass is 215 g/mol. The van der Waals surface area contributed by atoms with E-state index in [4.69, 9.17) is 4.98 Å². The zero-order chi connectivity index (χ0) is 11.1. The van der Waals surface area contributed by atoms with E-state index in [0.717, 1.165) is 18.7 Å². The van der Waals surface area contributed by atoms with Crippen molar-refractivity contribution in [1.82, 2.24) is 14.7 Å². The summed E-state index contributed by atoms with van der Waals surface area (Å²) in [5.74, 6) is 0.597. The van der Waals surface area contributed by atoms with E-state index in [2.05, 4.69) is 41.9 Å². The highest BCUT2D eigenvalue weighted by Gasteiger charge is 2.22. The molecule has 0 aliphatic carbocycles. The normalized spacial score (nSPS) is 20.8. The van der Waals surface area contributed by atoms with Crippen molar-refractivity contribution in [2.75, 3.05) is 13.1 Å². The Morgan fingerprint density at radius 1 is 1.44 bits per heavy atom. The smallest absolute Gasteiger partial charge is 0.140 e. The zero-order valence-corrected chi connectivity index (χ0v) is 9.83. The molecular formula is C13H17N3. The van der Waals surface area contributed by atoms with E-state index < -0.39 is 0 Å². The lowest BCUT2D eigenvalue weighted by Gasteiger charge is -2.05. The largest absolute Gasteiger partial charge is 0.316 e. The van der Waals surface area contributed by atoms with E-state index in [1.807, 2.05) is 0 Å². The second kappa shape index (κ2) is 3.59. The molecule has 3 heteroatoms. The Hall–Kier alpha value is -1.35. The highest BCUT2D eigenvalue weighted by Crippen LogP contribution is 2.26. The van der Waals surface area contributed by atoms with Crippen molar-refractivity contribution in [2.45, 2.75) is 26.2 Å². The molecule has 16 heavy (non-hydrogen) atoms. The van der Waals surface area contributed by atoms with Crippen molar-refractivity contribution in [2.24, 2.45) is 0 Å². The summed E-state index contributed by atoms with van der Waals surface area (Å²) in [5, 5.41) is 3.41. The molecule has 2 aromatic heterocycles. The van der Waals surface area contributed by atoms with Gasteiger partial charge in [0.15, 0.2) is 0 Å². The van der Waals surface area contributed by atoms with Gasteiger partial charge < -0.3 is 9.72 Å². The molecule has 1 aliphatic rings. The minimum atomic E-state index is 0.597. The quantitative estimate of drug-likeness (QED) is 0.788. The number of nitrogens with one attached hydrogen (secondary N) is 1. The number of pyridine rings is 1. The maximum absolute atomic E-state index is 4.82. The van der Waals surface area contributed by atoms with Gasteiger partial charge in [-0.25, -0.2) is 4.98 Å². The highest BCUT2D eigenvalue weighted by molar-refractivity contribution is 5.50. The van der Waals surface area contributed by atoms with Crippen LogP contribution in [0.3, 0.4) is 0 Å². The number of rotatable bonds is 1. The molecule has 1 aliphatic heterocycles. The first-order valence-corrected chi connectivity index (χ1v) is 5.92. The maximum Gasteiger partial charge on any atom is 0.140 e. The summed E-state index contributed by atoms with van der Waals surface area (Å²) < 4.78 is 2.21. The summed E-state index contributed by atoms with van der Waals surface area (Å²) >= 11 is 0. The Balaban J connectivity index is 2.18.